The molecule has 0 fully saturated rings. The Morgan fingerprint density at radius 2 is 2.08 bits per heavy atom. The van der Waals surface area contributed by atoms with Gasteiger partial charge in [0.15, 0.2) is 0 Å². The van der Waals surface area contributed by atoms with Crippen LogP contribution in [0.5, 0.6) is 0 Å². The lowest BCUT2D eigenvalue weighted by molar-refractivity contribution is -0.116. The van der Waals surface area contributed by atoms with E-state index in [9.17, 15) is 4.79 Å². The Bertz CT molecular complexity index is 330. The minimum atomic E-state index is -0.601. The Hall–Kier alpha value is -0.380. The van der Waals surface area contributed by atoms with Crippen LogP contribution in [0.1, 0.15) is 0 Å². The SMILES string of the molecule is [NH]C(=O)CSc1ccc(Cl)c(Cl)c1. The molecule has 1 amide bonds. The molecule has 0 saturated heterocycles. The van der Waals surface area contributed by atoms with Gasteiger partial charge in [-0.1, -0.05) is 23.2 Å². The summed E-state index contributed by atoms with van der Waals surface area (Å²) in [5.74, 6) is -0.464. The summed E-state index contributed by atoms with van der Waals surface area (Å²) in [5.41, 5.74) is 6.70. The highest BCUT2D eigenvalue weighted by Crippen LogP contribution is 2.27. The maximum absolute atomic E-state index is 10.4. The van der Waals surface area contributed by atoms with E-state index in [1.165, 1.54) is 11.8 Å². The number of benzene rings is 1. The first-order chi connectivity index (χ1) is 6.09. The van der Waals surface area contributed by atoms with Crippen molar-refractivity contribution in [3.8, 4) is 0 Å². The number of hydrogen-bond donors (Lipinski definition) is 0. The van der Waals surface area contributed by atoms with Gasteiger partial charge in [0.05, 0.1) is 15.8 Å². The lowest BCUT2D eigenvalue weighted by Crippen LogP contribution is -2.00. The van der Waals surface area contributed by atoms with Crippen LogP contribution in [0.15, 0.2) is 23.1 Å². The standard InChI is InChI=1S/C8H6Cl2NOS/c9-6-2-1-5(3-7(6)10)13-4-8(11)12/h1-3,11H,4H2. The maximum Gasteiger partial charge on any atom is 0.248 e. The van der Waals surface area contributed by atoms with E-state index < -0.39 is 5.91 Å². The van der Waals surface area contributed by atoms with Crippen molar-refractivity contribution >= 4 is 40.9 Å². The number of hydrogen-bond acceptors (Lipinski definition) is 2. The number of amides is 1. The molecule has 1 aromatic rings. The highest BCUT2D eigenvalue weighted by molar-refractivity contribution is 8.00. The van der Waals surface area contributed by atoms with E-state index in [0.29, 0.717) is 10.0 Å². The van der Waals surface area contributed by atoms with E-state index >= 15 is 0 Å². The molecule has 1 rings (SSSR count). The van der Waals surface area contributed by atoms with E-state index in [1.54, 1.807) is 18.2 Å². The molecule has 13 heavy (non-hydrogen) atoms. The van der Waals surface area contributed by atoms with Gasteiger partial charge in [-0.2, -0.15) is 0 Å². The average molecular weight is 235 g/mol. The molecular weight excluding hydrogens is 229 g/mol. The molecule has 5 heteroatoms. The molecule has 0 aliphatic rings. The van der Waals surface area contributed by atoms with Crippen LogP contribution in [0.25, 0.3) is 0 Å². The predicted molar refractivity (Wildman–Crippen MR) is 55.3 cm³/mol. The second kappa shape index (κ2) is 4.74. The van der Waals surface area contributed by atoms with E-state index in [1.807, 2.05) is 0 Å². The van der Waals surface area contributed by atoms with Gasteiger partial charge in [-0.25, -0.2) is 0 Å². The van der Waals surface area contributed by atoms with Crippen molar-refractivity contribution in [2.75, 3.05) is 5.75 Å². The zero-order valence-corrected chi connectivity index (χ0v) is 8.84. The second-order valence-corrected chi connectivity index (χ2v) is 4.15. The zero-order valence-electron chi connectivity index (χ0n) is 6.51. The van der Waals surface area contributed by atoms with Crippen molar-refractivity contribution in [3.05, 3.63) is 28.2 Å². The van der Waals surface area contributed by atoms with Gasteiger partial charge in [0.25, 0.3) is 0 Å². The van der Waals surface area contributed by atoms with Crippen molar-refractivity contribution < 1.29 is 4.79 Å². The fourth-order valence-electron chi connectivity index (χ4n) is 0.716. The number of rotatable bonds is 3. The molecule has 0 aromatic heterocycles. The molecule has 1 N–H and O–H groups in total. The fourth-order valence-corrected chi connectivity index (χ4v) is 1.74. The summed E-state index contributed by atoms with van der Waals surface area (Å²) in [7, 11) is 0. The average Bonchev–Trinajstić information content (AvgIpc) is 2.07. The van der Waals surface area contributed by atoms with Gasteiger partial charge >= 0.3 is 0 Å². The lowest BCUT2D eigenvalue weighted by atomic mass is 10.4. The smallest absolute Gasteiger partial charge is 0.248 e. The van der Waals surface area contributed by atoms with E-state index in [2.05, 4.69) is 0 Å². The third-order valence-corrected chi connectivity index (χ3v) is 2.99. The number of carbonyl (C=O) groups is 1. The number of halogens is 2. The molecule has 2 nitrogen and oxygen atoms in total. The Balaban J connectivity index is 2.68. The van der Waals surface area contributed by atoms with Gasteiger partial charge in [0.1, 0.15) is 0 Å². The van der Waals surface area contributed by atoms with Crippen molar-refractivity contribution in [3.63, 3.8) is 0 Å². The summed E-state index contributed by atoms with van der Waals surface area (Å²) in [6.45, 7) is 0. The van der Waals surface area contributed by atoms with Crippen molar-refractivity contribution in [1.82, 2.24) is 5.73 Å². The number of nitrogens with one attached hydrogen (secondary N) is 1. The van der Waals surface area contributed by atoms with E-state index in [0.717, 1.165) is 4.90 Å². The summed E-state index contributed by atoms with van der Waals surface area (Å²) in [4.78, 5) is 11.2. The van der Waals surface area contributed by atoms with Gasteiger partial charge in [0, 0.05) is 4.90 Å². The Labute approximate surface area is 90.4 Å². The highest BCUT2D eigenvalue weighted by atomic mass is 35.5. The first kappa shape index (κ1) is 10.7. The van der Waals surface area contributed by atoms with Gasteiger partial charge in [-0.05, 0) is 18.2 Å². The Morgan fingerprint density at radius 3 is 2.62 bits per heavy atom. The minimum Gasteiger partial charge on any atom is -0.272 e. The largest absolute Gasteiger partial charge is 0.272 e. The van der Waals surface area contributed by atoms with Crippen molar-refractivity contribution in [2.24, 2.45) is 0 Å². The van der Waals surface area contributed by atoms with E-state index in [4.69, 9.17) is 28.9 Å². The number of carbonyl (C=O) groups excluding carboxylic acids is 1. The van der Waals surface area contributed by atoms with Crippen LogP contribution < -0.4 is 5.73 Å². The molecule has 0 saturated carbocycles. The van der Waals surface area contributed by atoms with Crippen LogP contribution in [0, 0.1) is 0 Å². The van der Waals surface area contributed by atoms with Gasteiger partial charge in [-0.3, -0.25) is 10.5 Å². The van der Waals surface area contributed by atoms with Crippen LogP contribution in [-0.2, 0) is 4.79 Å². The quantitative estimate of drug-likeness (QED) is 0.755. The molecule has 0 aliphatic carbocycles. The molecule has 1 radical (unpaired) electrons. The highest BCUT2D eigenvalue weighted by Gasteiger charge is 2.01. The summed E-state index contributed by atoms with van der Waals surface area (Å²) >= 11 is 12.7. The molecule has 69 valence electrons. The maximum atomic E-state index is 10.4. The summed E-state index contributed by atoms with van der Waals surface area (Å²) in [5, 5.41) is 0.951. The Kier molecular flexibility index (Phi) is 3.90. The summed E-state index contributed by atoms with van der Waals surface area (Å²) in [6.07, 6.45) is 0. The van der Waals surface area contributed by atoms with Crippen LogP contribution in [0.4, 0.5) is 0 Å². The fraction of sp³-hybridized carbons (Fsp3) is 0.125. The molecule has 0 atom stereocenters. The number of thioether (sulfide) groups is 1. The molecule has 1 aromatic carbocycles. The molecule has 0 heterocycles. The van der Waals surface area contributed by atoms with Gasteiger partial charge in [0.2, 0.25) is 5.91 Å². The van der Waals surface area contributed by atoms with Gasteiger partial charge in [-0.15, -0.1) is 11.8 Å². The van der Waals surface area contributed by atoms with Crippen LogP contribution in [0.3, 0.4) is 0 Å². The molecule has 0 spiro atoms. The summed E-state index contributed by atoms with van der Waals surface area (Å²) < 4.78 is 0. The monoisotopic (exact) mass is 234 g/mol. The van der Waals surface area contributed by atoms with Crippen molar-refractivity contribution in [2.45, 2.75) is 4.90 Å². The first-order valence-electron chi connectivity index (χ1n) is 3.42. The lowest BCUT2D eigenvalue weighted by Gasteiger charge is -2.00. The third kappa shape index (κ3) is 3.46. The Morgan fingerprint density at radius 1 is 1.38 bits per heavy atom. The normalized spacial score (nSPS) is 10.0. The van der Waals surface area contributed by atoms with Gasteiger partial charge < -0.3 is 0 Å². The second-order valence-electron chi connectivity index (χ2n) is 2.29. The zero-order chi connectivity index (χ0) is 9.84. The molecule has 0 aliphatic heterocycles. The van der Waals surface area contributed by atoms with Crippen LogP contribution >= 0.6 is 35.0 Å². The molecular formula is C8H6Cl2NOS. The first-order valence-corrected chi connectivity index (χ1v) is 5.16. The molecule has 0 bridgehead atoms. The minimum absolute atomic E-state index is 0.137. The van der Waals surface area contributed by atoms with Crippen molar-refractivity contribution in [1.29, 1.82) is 0 Å². The predicted octanol–water partition coefficient (Wildman–Crippen LogP) is 2.90. The van der Waals surface area contributed by atoms with E-state index in [-0.39, 0.29) is 5.75 Å². The van der Waals surface area contributed by atoms with Crippen LogP contribution in [0.2, 0.25) is 10.0 Å². The van der Waals surface area contributed by atoms with Crippen LogP contribution in [-0.4, -0.2) is 11.7 Å². The third-order valence-electron chi connectivity index (χ3n) is 1.26. The summed E-state index contributed by atoms with van der Waals surface area (Å²) in [6, 6.07) is 5.11. The molecule has 0 unspecified atom stereocenters. The topological polar surface area (TPSA) is 40.9 Å².